The van der Waals surface area contributed by atoms with E-state index in [-0.39, 0.29) is 12.6 Å². The van der Waals surface area contributed by atoms with Crippen LogP contribution in [0.4, 0.5) is 10.5 Å². The van der Waals surface area contributed by atoms with Crippen LogP contribution in [0.1, 0.15) is 11.4 Å². The molecule has 3 aromatic carbocycles. The predicted molar refractivity (Wildman–Crippen MR) is 148 cm³/mol. The van der Waals surface area contributed by atoms with Crippen LogP contribution < -0.4 is 15.4 Å². The summed E-state index contributed by atoms with van der Waals surface area (Å²) in [5, 5.41) is 16.0. The number of nitrogens with zero attached hydrogens (tertiary/aromatic N) is 3. The number of nitrogens with one attached hydrogen (secondary N) is 2. The minimum Gasteiger partial charge on any atom is -0.497 e. The maximum atomic E-state index is 12.5. The highest BCUT2D eigenvalue weighted by Gasteiger charge is 2.18. The Balaban J connectivity index is 1.53. The number of carbonyl (C=O) groups is 1. The van der Waals surface area contributed by atoms with Gasteiger partial charge < -0.3 is 15.4 Å². The van der Waals surface area contributed by atoms with Gasteiger partial charge in [0.1, 0.15) is 5.75 Å². The van der Waals surface area contributed by atoms with Crippen LogP contribution in [0.3, 0.4) is 0 Å². The molecule has 0 bridgehead atoms. The Morgan fingerprint density at radius 2 is 1.86 bits per heavy atom. The van der Waals surface area contributed by atoms with Crippen LogP contribution in [0.25, 0.3) is 5.69 Å². The van der Waals surface area contributed by atoms with E-state index in [1.165, 1.54) is 11.8 Å². The largest absolute Gasteiger partial charge is 0.497 e. The van der Waals surface area contributed by atoms with Gasteiger partial charge in [0.25, 0.3) is 0 Å². The average molecular weight is 561 g/mol. The highest BCUT2D eigenvalue weighted by molar-refractivity contribution is 7.98. The molecule has 0 aliphatic rings. The standard InChI is InChI=1S/C25H23Cl2N5O2S2/c1-34-19-5-3-4-16(12-19)15-36-25-31-30-23(32(25)22-13-17(26)6-11-21(22)27)14-28-24(33)29-18-7-9-20(35-2)10-8-18/h3-13H,14-15H2,1-2H3,(H2,28,29,33). The lowest BCUT2D eigenvalue weighted by Crippen LogP contribution is -2.29. The van der Waals surface area contributed by atoms with Crippen LogP contribution in [0.15, 0.2) is 76.8 Å². The predicted octanol–water partition coefficient (Wildman–Crippen LogP) is 6.92. The number of halogens is 2. The quantitative estimate of drug-likeness (QED) is 0.216. The molecule has 0 aliphatic heterocycles. The van der Waals surface area contributed by atoms with Crippen LogP contribution in [-0.2, 0) is 12.3 Å². The van der Waals surface area contributed by atoms with Gasteiger partial charge in [-0.15, -0.1) is 22.0 Å². The Kier molecular flexibility index (Phi) is 9.03. The van der Waals surface area contributed by atoms with Crippen LogP contribution >= 0.6 is 46.7 Å². The normalized spacial score (nSPS) is 10.8. The first-order valence-corrected chi connectivity index (χ1v) is 13.8. The fraction of sp³-hybridized carbons (Fsp3) is 0.160. The minimum absolute atomic E-state index is 0.129. The van der Waals surface area contributed by atoms with Gasteiger partial charge in [0.05, 0.1) is 24.4 Å². The molecule has 0 saturated heterocycles. The Morgan fingerprint density at radius 3 is 2.61 bits per heavy atom. The van der Waals surface area contributed by atoms with E-state index >= 15 is 0 Å². The van der Waals surface area contributed by atoms with Crippen molar-refractivity contribution < 1.29 is 9.53 Å². The van der Waals surface area contributed by atoms with Crippen LogP contribution in [0, 0.1) is 0 Å². The zero-order valence-electron chi connectivity index (χ0n) is 19.5. The molecule has 4 aromatic rings. The molecule has 0 saturated carbocycles. The van der Waals surface area contributed by atoms with Crippen molar-refractivity contribution in [3.8, 4) is 11.4 Å². The summed E-state index contributed by atoms with van der Waals surface area (Å²) >= 11 is 15.9. The molecule has 0 fully saturated rings. The fourth-order valence-electron chi connectivity index (χ4n) is 3.33. The summed E-state index contributed by atoms with van der Waals surface area (Å²) in [4.78, 5) is 13.7. The Morgan fingerprint density at radius 1 is 1.06 bits per heavy atom. The van der Waals surface area contributed by atoms with Crippen LogP contribution in [0.2, 0.25) is 10.0 Å². The van der Waals surface area contributed by atoms with Gasteiger partial charge in [0, 0.05) is 21.4 Å². The number of rotatable bonds is 9. The Hall–Kier alpha value is -2.85. The maximum Gasteiger partial charge on any atom is 0.319 e. The summed E-state index contributed by atoms with van der Waals surface area (Å²) in [7, 11) is 1.64. The third-order valence-corrected chi connectivity index (χ3v) is 7.40. The molecule has 0 unspecified atom stereocenters. The fourth-order valence-corrected chi connectivity index (χ4v) is 5.01. The lowest BCUT2D eigenvalue weighted by molar-refractivity contribution is 0.251. The molecule has 0 radical (unpaired) electrons. The van der Waals surface area contributed by atoms with E-state index in [2.05, 4.69) is 20.8 Å². The molecule has 36 heavy (non-hydrogen) atoms. The van der Waals surface area contributed by atoms with Crippen molar-refractivity contribution in [3.05, 3.63) is 88.2 Å². The third kappa shape index (κ3) is 6.67. The van der Waals surface area contributed by atoms with Gasteiger partial charge in [0.15, 0.2) is 11.0 Å². The second-order valence-corrected chi connectivity index (χ2v) is 10.2. The van der Waals surface area contributed by atoms with Gasteiger partial charge in [0.2, 0.25) is 0 Å². The van der Waals surface area contributed by atoms with Gasteiger partial charge in [-0.05, 0) is 66.4 Å². The first-order valence-electron chi connectivity index (χ1n) is 10.8. The molecular formula is C25H23Cl2N5O2S2. The van der Waals surface area contributed by atoms with Gasteiger partial charge >= 0.3 is 6.03 Å². The molecular weight excluding hydrogens is 537 g/mol. The van der Waals surface area contributed by atoms with Crippen molar-refractivity contribution >= 4 is 58.4 Å². The van der Waals surface area contributed by atoms with Crippen molar-refractivity contribution in [2.24, 2.45) is 0 Å². The topological polar surface area (TPSA) is 81.1 Å². The second kappa shape index (κ2) is 12.4. The number of thioether (sulfide) groups is 2. The highest BCUT2D eigenvalue weighted by Crippen LogP contribution is 2.31. The number of aromatic nitrogens is 3. The number of hydrogen-bond acceptors (Lipinski definition) is 6. The smallest absolute Gasteiger partial charge is 0.319 e. The van der Waals surface area contributed by atoms with E-state index in [1.807, 2.05) is 59.4 Å². The molecule has 1 heterocycles. The van der Waals surface area contributed by atoms with Crippen LogP contribution in [0.5, 0.6) is 5.75 Å². The lowest BCUT2D eigenvalue weighted by Gasteiger charge is -2.13. The molecule has 2 N–H and O–H groups in total. The van der Waals surface area contributed by atoms with Gasteiger partial charge in [-0.1, -0.05) is 47.1 Å². The molecule has 1 aromatic heterocycles. The van der Waals surface area contributed by atoms with Crippen molar-refractivity contribution in [1.29, 1.82) is 0 Å². The van der Waals surface area contributed by atoms with Crippen molar-refractivity contribution in [2.45, 2.75) is 22.3 Å². The molecule has 7 nitrogen and oxygen atoms in total. The number of benzene rings is 3. The summed E-state index contributed by atoms with van der Waals surface area (Å²) < 4.78 is 7.13. The van der Waals surface area contributed by atoms with E-state index in [1.54, 1.807) is 37.1 Å². The van der Waals surface area contributed by atoms with Crippen molar-refractivity contribution in [1.82, 2.24) is 20.1 Å². The zero-order chi connectivity index (χ0) is 25.5. The minimum atomic E-state index is -0.357. The molecule has 11 heteroatoms. The first kappa shape index (κ1) is 26.2. The van der Waals surface area contributed by atoms with E-state index in [0.29, 0.717) is 38.2 Å². The molecule has 0 aliphatic carbocycles. The van der Waals surface area contributed by atoms with E-state index in [4.69, 9.17) is 27.9 Å². The van der Waals surface area contributed by atoms with Gasteiger partial charge in [-0.25, -0.2) is 4.79 Å². The second-order valence-electron chi connectivity index (χ2n) is 7.51. The Bertz CT molecular complexity index is 1350. The van der Waals surface area contributed by atoms with E-state index in [9.17, 15) is 4.79 Å². The maximum absolute atomic E-state index is 12.5. The number of anilines is 1. The third-order valence-electron chi connectivity index (χ3n) is 5.11. The van der Waals surface area contributed by atoms with Crippen molar-refractivity contribution in [2.75, 3.05) is 18.7 Å². The van der Waals surface area contributed by atoms with Crippen LogP contribution in [-0.4, -0.2) is 34.2 Å². The summed E-state index contributed by atoms with van der Waals surface area (Å²) in [5.74, 6) is 1.93. The number of carbonyl (C=O) groups excluding carboxylic acids is 1. The highest BCUT2D eigenvalue weighted by atomic mass is 35.5. The summed E-state index contributed by atoms with van der Waals surface area (Å²) in [5.41, 5.74) is 2.39. The Labute approximate surface area is 227 Å². The molecule has 2 amide bonds. The zero-order valence-corrected chi connectivity index (χ0v) is 22.6. The number of urea groups is 1. The summed E-state index contributed by atoms with van der Waals surface area (Å²) in [6.07, 6.45) is 2.00. The van der Waals surface area contributed by atoms with E-state index in [0.717, 1.165) is 16.2 Å². The average Bonchev–Trinajstić information content (AvgIpc) is 3.30. The number of amides is 2. The molecule has 0 atom stereocenters. The number of ether oxygens (including phenoxy) is 1. The van der Waals surface area contributed by atoms with Gasteiger partial charge in [-0.3, -0.25) is 4.57 Å². The monoisotopic (exact) mass is 559 g/mol. The SMILES string of the molecule is COc1cccc(CSc2nnc(CNC(=O)Nc3ccc(SC)cc3)n2-c2cc(Cl)ccc2Cl)c1. The molecule has 186 valence electrons. The van der Waals surface area contributed by atoms with Gasteiger partial charge in [-0.2, -0.15) is 0 Å². The molecule has 4 rings (SSSR count). The number of methoxy groups -OCH3 is 1. The molecule has 0 spiro atoms. The summed E-state index contributed by atoms with van der Waals surface area (Å²) in [6.45, 7) is 0.129. The first-order chi connectivity index (χ1) is 17.5. The lowest BCUT2D eigenvalue weighted by atomic mass is 10.2. The van der Waals surface area contributed by atoms with Crippen molar-refractivity contribution in [3.63, 3.8) is 0 Å². The summed E-state index contributed by atoms with van der Waals surface area (Å²) in [6, 6.07) is 20.3. The number of hydrogen-bond donors (Lipinski definition) is 2. The van der Waals surface area contributed by atoms with E-state index < -0.39 is 0 Å².